The Bertz CT molecular complexity index is 960. The molecule has 1 aromatic rings. The summed E-state index contributed by atoms with van der Waals surface area (Å²) in [5.41, 5.74) is 2.81. The van der Waals surface area contributed by atoms with Crippen molar-refractivity contribution in [1.29, 1.82) is 0 Å². The third-order valence-electron chi connectivity index (χ3n) is 10.6. The number of carbonyl (C=O) groups is 1. The summed E-state index contributed by atoms with van der Waals surface area (Å²) in [6, 6.07) is 3.46. The topological polar surface area (TPSA) is 71.5 Å². The monoisotopic (exact) mass is 466 g/mol. The summed E-state index contributed by atoms with van der Waals surface area (Å²) in [5, 5.41) is 12.9. The van der Waals surface area contributed by atoms with Gasteiger partial charge in [0.05, 0.1) is 12.7 Å². The van der Waals surface area contributed by atoms with Crippen LogP contribution in [0.3, 0.4) is 0 Å². The van der Waals surface area contributed by atoms with Crippen LogP contribution in [-0.2, 0) is 0 Å². The fourth-order valence-corrected chi connectivity index (χ4v) is 8.72. The molecule has 4 aliphatic carbocycles. The van der Waals surface area contributed by atoms with Crippen molar-refractivity contribution < 1.29 is 14.6 Å². The van der Waals surface area contributed by atoms with Crippen molar-refractivity contribution in [3.63, 3.8) is 0 Å². The number of hydrogen-bond donors (Lipinski definition) is 2. The normalized spacial score (nSPS) is 39.8. The highest BCUT2D eigenvalue weighted by Crippen LogP contribution is 2.67. The van der Waals surface area contributed by atoms with Crippen molar-refractivity contribution in [2.24, 2.45) is 40.4 Å². The lowest BCUT2D eigenvalue weighted by molar-refractivity contribution is -0.0592. The van der Waals surface area contributed by atoms with Crippen molar-refractivity contribution in [2.45, 2.75) is 78.2 Å². The largest absolute Gasteiger partial charge is 0.477 e. The molecule has 34 heavy (non-hydrogen) atoms. The summed E-state index contributed by atoms with van der Waals surface area (Å²) < 4.78 is 6.12. The van der Waals surface area contributed by atoms with Crippen molar-refractivity contribution in [2.75, 3.05) is 13.7 Å². The van der Waals surface area contributed by atoms with E-state index in [1.54, 1.807) is 31.0 Å². The highest BCUT2D eigenvalue weighted by molar-refractivity contribution is 5.94. The molecule has 8 atom stereocenters. The number of nitrogens with one attached hydrogen (secondary N) is 1. The Kier molecular flexibility index (Phi) is 6.29. The molecule has 1 aromatic heterocycles. The molecule has 0 bridgehead atoms. The second-order valence-corrected chi connectivity index (χ2v) is 12.1. The highest BCUT2D eigenvalue weighted by Gasteiger charge is 2.59. The second-order valence-electron chi connectivity index (χ2n) is 12.1. The lowest BCUT2D eigenvalue weighted by Gasteiger charge is -2.58. The molecule has 5 heteroatoms. The molecule has 3 fully saturated rings. The van der Waals surface area contributed by atoms with Crippen LogP contribution in [0.25, 0.3) is 0 Å². The number of hydrogen-bond acceptors (Lipinski definition) is 4. The fourth-order valence-electron chi connectivity index (χ4n) is 8.72. The fraction of sp³-hybridized carbons (Fsp3) is 0.724. The molecule has 0 saturated heterocycles. The number of nitrogens with zero attached hydrogens (tertiary/aromatic N) is 1. The Hall–Kier alpha value is -1.88. The minimum absolute atomic E-state index is 0.117. The van der Waals surface area contributed by atoms with Gasteiger partial charge in [0.2, 0.25) is 5.88 Å². The van der Waals surface area contributed by atoms with Gasteiger partial charge in [-0.2, -0.15) is 0 Å². The molecule has 186 valence electrons. The third-order valence-corrected chi connectivity index (χ3v) is 10.6. The number of ether oxygens (including phenoxy) is 1. The second kappa shape index (κ2) is 8.96. The van der Waals surface area contributed by atoms with Gasteiger partial charge in [-0.1, -0.05) is 32.4 Å². The summed E-state index contributed by atoms with van der Waals surface area (Å²) in [5.74, 6) is 3.88. The van der Waals surface area contributed by atoms with Crippen LogP contribution in [0.1, 0.15) is 82.5 Å². The van der Waals surface area contributed by atoms with E-state index in [0.29, 0.717) is 40.7 Å². The SMILES string of the molecule is CNC(=O)c1ccnc(OC[C@@H](C)[C@H]2CC[C@H]3[C@@H]4CC=C5C[C@@H](O)CC[C@]5(C)[C@H]4CC[C@]23C)c1. The average Bonchev–Trinajstić information content (AvgIpc) is 3.20. The predicted octanol–water partition coefficient (Wildman–Crippen LogP) is 5.40. The number of pyridine rings is 1. The lowest BCUT2D eigenvalue weighted by atomic mass is 9.47. The number of aliphatic hydroxyl groups excluding tert-OH is 1. The van der Waals surface area contributed by atoms with E-state index in [1.807, 2.05) is 0 Å². The first-order valence-electron chi connectivity index (χ1n) is 13.4. The van der Waals surface area contributed by atoms with Gasteiger partial charge in [-0.3, -0.25) is 4.79 Å². The molecule has 0 aromatic carbocycles. The van der Waals surface area contributed by atoms with E-state index in [-0.39, 0.29) is 12.0 Å². The van der Waals surface area contributed by atoms with Gasteiger partial charge in [-0.15, -0.1) is 0 Å². The molecule has 0 aliphatic heterocycles. The molecule has 0 unspecified atom stereocenters. The van der Waals surface area contributed by atoms with Crippen LogP contribution in [0.15, 0.2) is 30.0 Å². The zero-order valence-corrected chi connectivity index (χ0v) is 21.3. The number of allylic oxidation sites excluding steroid dienone is 1. The molecule has 5 rings (SSSR count). The molecule has 3 saturated carbocycles. The van der Waals surface area contributed by atoms with Crippen LogP contribution in [0.5, 0.6) is 5.88 Å². The molecule has 4 aliphatic rings. The minimum Gasteiger partial charge on any atom is -0.477 e. The van der Waals surface area contributed by atoms with Crippen molar-refractivity contribution in [3.8, 4) is 5.88 Å². The summed E-state index contributed by atoms with van der Waals surface area (Å²) in [4.78, 5) is 16.3. The zero-order chi connectivity index (χ0) is 24.1. The first-order chi connectivity index (χ1) is 16.3. The van der Waals surface area contributed by atoms with Gasteiger partial charge >= 0.3 is 0 Å². The third kappa shape index (κ3) is 3.88. The van der Waals surface area contributed by atoms with Crippen LogP contribution in [0, 0.1) is 40.4 Å². The number of rotatable bonds is 5. The number of fused-ring (bicyclic) bond motifs is 5. The molecule has 1 amide bonds. The first kappa shape index (κ1) is 23.8. The van der Waals surface area contributed by atoms with Crippen molar-refractivity contribution >= 4 is 5.91 Å². The van der Waals surface area contributed by atoms with E-state index in [0.717, 1.165) is 37.0 Å². The maximum absolute atomic E-state index is 11.9. The number of amides is 1. The van der Waals surface area contributed by atoms with E-state index in [4.69, 9.17) is 4.74 Å². The van der Waals surface area contributed by atoms with Crippen LogP contribution in [0.2, 0.25) is 0 Å². The maximum atomic E-state index is 11.9. The maximum Gasteiger partial charge on any atom is 0.251 e. The summed E-state index contributed by atoms with van der Waals surface area (Å²) in [7, 11) is 1.64. The van der Waals surface area contributed by atoms with Gasteiger partial charge in [0.25, 0.3) is 5.91 Å². The molecule has 2 N–H and O–H groups in total. The van der Waals surface area contributed by atoms with E-state index < -0.39 is 0 Å². The number of aliphatic hydroxyl groups is 1. The Morgan fingerprint density at radius 2 is 2.06 bits per heavy atom. The molecule has 1 heterocycles. The van der Waals surface area contributed by atoms with Gasteiger partial charge in [-0.05, 0) is 97.9 Å². The molecule has 5 nitrogen and oxygen atoms in total. The van der Waals surface area contributed by atoms with Gasteiger partial charge in [0.1, 0.15) is 0 Å². The van der Waals surface area contributed by atoms with Gasteiger partial charge in [0, 0.05) is 24.9 Å². The predicted molar refractivity (Wildman–Crippen MR) is 133 cm³/mol. The summed E-state index contributed by atoms with van der Waals surface area (Å²) in [6.45, 7) is 8.06. The Morgan fingerprint density at radius 1 is 1.24 bits per heavy atom. The van der Waals surface area contributed by atoms with Crippen LogP contribution < -0.4 is 10.1 Å². The van der Waals surface area contributed by atoms with E-state index in [1.165, 1.54) is 32.1 Å². The summed E-state index contributed by atoms with van der Waals surface area (Å²) >= 11 is 0. The van der Waals surface area contributed by atoms with E-state index in [9.17, 15) is 9.90 Å². The highest BCUT2D eigenvalue weighted by atomic mass is 16.5. The Balaban J connectivity index is 1.28. The van der Waals surface area contributed by atoms with Gasteiger partial charge < -0.3 is 15.2 Å². The van der Waals surface area contributed by atoms with Crippen molar-refractivity contribution in [1.82, 2.24) is 10.3 Å². The van der Waals surface area contributed by atoms with E-state index >= 15 is 0 Å². The molecular formula is C29H42N2O3. The Morgan fingerprint density at radius 3 is 2.85 bits per heavy atom. The van der Waals surface area contributed by atoms with Crippen LogP contribution in [0.4, 0.5) is 0 Å². The van der Waals surface area contributed by atoms with Gasteiger partial charge in [-0.25, -0.2) is 4.98 Å². The first-order valence-corrected chi connectivity index (χ1v) is 13.4. The zero-order valence-electron chi connectivity index (χ0n) is 21.3. The molecule has 0 spiro atoms. The van der Waals surface area contributed by atoms with Crippen LogP contribution in [-0.4, -0.2) is 35.8 Å². The molecule has 0 radical (unpaired) electrons. The smallest absolute Gasteiger partial charge is 0.251 e. The summed E-state index contributed by atoms with van der Waals surface area (Å²) in [6.07, 6.45) is 13.5. The van der Waals surface area contributed by atoms with Crippen molar-refractivity contribution in [3.05, 3.63) is 35.5 Å². The van der Waals surface area contributed by atoms with E-state index in [2.05, 4.69) is 37.1 Å². The number of carbonyl (C=O) groups excluding carboxylic acids is 1. The average molecular weight is 467 g/mol. The number of aromatic nitrogens is 1. The Labute approximate surface area is 204 Å². The standard InChI is InChI=1S/C29H42N2O3/c1-18(17-34-26-15-19(11-14-31-26)27(33)30-4)23-7-8-24-22-6-5-20-16-21(32)9-12-28(20,2)25(22)10-13-29(23,24)3/h5,11,14-15,18,21-25,32H,6-10,12-13,16-17H2,1-4H3,(H,30,33)/t18-,21+,22+,23-,24+,25+,28+,29-/m1/s1. The van der Waals surface area contributed by atoms with Crippen LogP contribution >= 0.6 is 0 Å². The van der Waals surface area contributed by atoms with Gasteiger partial charge in [0.15, 0.2) is 0 Å². The molecular weight excluding hydrogens is 424 g/mol. The quantitative estimate of drug-likeness (QED) is 0.570. The minimum atomic E-state index is -0.131. The lowest BCUT2D eigenvalue weighted by Crippen LogP contribution is -2.51.